The quantitative estimate of drug-likeness (QED) is 0.764. The second-order valence-corrected chi connectivity index (χ2v) is 4.21. The molecule has 1 aromatic rings. The zero-order chi connectivity index (χ0) is 10.9. The van der Waals surface area contributed by atoms with E-state index in [0.717, 1.165) is 12.0 Å². The second-order valence-electron chi connectivity index (χ2n) is 4.21. The molecule has 3 nitrogen and oxygen atoms in total. The summed E-state index contributed by atoms with van der Waals surface area (Å²) < 4.78 is 4.87. The molecule has 1 fully saturated rings. The Morgan fingerprint density at radius 2 is 2.27 bits per heavy atom. The first kappa shape index (κ1) is 10.0. The zero-order valence-corrected chi connectivity index (χ0v) is 9.04. The van der Waals surface area contributed by atoms with Crippen molar-refractivity contribution in [3.05, 3.63) is 35.4 Å². The van der Waals surface area contributed by atoms with E-state index in [2.05, 4.69) is 11.4 Å². The molecule has 80 valence electrons. The van der Waals surface area contributed by atoms with Gasteiger partial charge in [0, 0.05) is 6.42 Å². The van der Waals surface area contributed by atoms with Crippen LogP contribution in [0.1, 0.15) is 24.5 Å². The summed E-state index contributed by atoms with van der Waals surface area (Å²) >= 11 is 0. The maximum absolute atomic E-state index is 11.2. The van der Waals surface area contributed by atoms with Gasteiger partial charge < -0.3 is 10.1 Å². The van der Waals surface area contributed by atoms with Crippen LogP contribution in [0, 0.1) is 6.92 Å². The third kappa shape index (κ3) is 1.96. The van der Waals surface area contributed by atoms with E-state index in [1.165, 1.54) is 5.56 Å². The largest absolute Gasteiger partial charge is 0.449 e. The first-order chi connectivity index (χ1) is 7.10. The predicted molar refractivity (Wildman–Crippen MR) is 57.6 cm³/mol. The lowest BCUT2D eigenvalue weighted by Gasteiger charge is -2.34. The van der Waals surface area contributed by atoms with Crippen molar-refractivity contribution in [2.24, 2.45) is 0 Å². The summed E-state index contributed by atoms with van der Waals surface area (Å²) in [4.78, 5) is 11.2. The molecule has 1 amide bonds. The Hall–Kier alpha value is -1.51. The molecular formula is C12H15NO2. The molecule has 0 saturated carbocycles. The lowest BCUT2D eigenvalue weighted by atomic mass is 9.87. The molecule has 1 aliphatic heterocycles. The Labute approximate surface area is 89.4 Å². The van der Waals surface area contributed by atoms with E-state index in [9.17, 15) is 4.79 Å². The molecule has 1 N–H and O–H groups in total. The molecule has 15 heavy (non-hydrogen) atoms. The van der Waals surface area contributed by atoms with E-state index in [-0.39, 0.29) is 11.6 Å². The van der Waals surface area contributed by atoms with Gasteiger partial charge in [-0.25, -0.2) is 4.79 Å². The summed E-state index contributed by atoms with van der Waals surface area (Å²) in [6.45, 7) is 4.56. The van der Waals surface area contributed by atoms with Crippen LogP contribution in [0.3, 0.4) is 0 Å². The number of alkyl carbamates (subject to hydrolysis) is 1. The molecule has 0 spiro atoms. The number of rotatable bonds is 1. The van der Waals surface area contributed by atoms with Gasteiger partial charge in [-0.3, -0.25) is 0 Å². The number of hydrogen-bond donors (Lipinski definition) is 1. The second kappa shape index (κ2) is 3.57. The van der Waals surface area contributed by atoms with E-state index in [4.69, 9.17) is 4.74 Å². The summed E-state index contributed by atoms with van der Waals surface area (Å²) in [5, 5.41) is 2.88. The average Bonchev–Trinajstić information content (AvgIpc) is 2.17. The van der Waals surface area contributed by atoms with Crippen molar-refractivity contribution in [2.45, 2.75) is 25.8 Å². The SMILES string of the molecule is Cc1cccc(C2(C)CCOC(=O)N2)c1. The van der Waals surface area contributed by atoms with Crippen molar-refractivity contribution >= 4 is 6.09 Å². The van der Waals surface area contributed by atoms with Gasteiger partial charge in [-0.05, 0) is 19.4 Å². The summed E-state index contributed by atoms with van der Waals surface area (Å²) in [5.74, 6) is 0. The molecule has 3 heteroatoms. The highest BCUT2D eigenvalue weighted by molar-refractivity contribution is 5.69. The van der Waals surface area contributed by atoms with Crippen LogP contribution in [0.2, 0.25) is 0 Å². The normalized spacial score (nSPS) is 25.6. The van der Waals surface area contributed by atoms with Crippen LogP contribution in [0.5, 0.6) is 0 Å². The number of amides is 1. The fourth-order valence-electron chi connectivity index (χ4n) is 1.88. The Kier molecular flexibility index (Phi) is 2.39. The third-order valence-electron chi connectivity index (χ3n) is 2.87. The average molecular weight is 205 g/mol. The molecule has 1 aliphatic rings. The highest BCUT2D eigenvalue weighted by Crippen LogP contribution is 2.27. The smallest absolute Gasteiger partial charge is 0.407 e. The van der Waals surface area contributed by atoms with Crippen molar-refractivity contribution in [3.63, 3.8) is 0 Å². The Morgan fingerprint density at radius 3 is 2.93 bits per heavy atom. The monoisotopic (exact) mass is 205 g/mol. The molecule has 0 aliphatic carbocycles. The molecule has 0 aromatic heterocycles. The van der Waals surface area contributed by atoms with Gasteiger partial charge in [-0.2, -0.15) is 0 Å². The van der Waals surface area contributed by atoms with Crippen LogP contribution in [0.15, 0.2) is 24.3 Å². The van der Waals surface area contributed by atoms with Crippen molar-refractivity contribution in [1.82, 2.24) is 5.32 Å². The molecule has 1 aromatic carbocycles. The predicted octanol–water partition coefficient (Wildman–Crippen LogP) is 2.34. The topological polar surface area (TPSA) is 38.3 Å². The van der Waals surface area contributed by atoms with Gasteiger partial charge in [0.1, 0.15) is 0 Å². The molecule has 1 heterocycles. The Bertz CT molecular complexity index is 389. The highest BCUT2D eigenvalue weighted by atomic mass is 16.6. The van der Waals surface area contributed by atoms with Gasteiger partial charge in [0.2, 0.25) is 0 Å². The lowest BCUT2D eigenvalue weighted by molar-refractivity contribution is 0.0916. The van der Waals surface area contributed by atoms with Gasteiger partial charge in [-0.15, -0.1) is 0 Å². The van der Waals surface area contributed by atoms with E-state index in [1.807, 2.05) is 32.0 Å². The number of ether oxygens (including phenoxy) is 1. The third-order valence-corrected chi connectivity index (χ3v) is 2.87. The number of carbonyl (C=O) groups is 1. The van der Waals surface area contributed by atoms with Gasteiger partial charge in [0.05, 0.1) is 12.1 Å². The van der Waals surface area contributed by atoms with Crippen LogP contribution >= 0.6 is 0 Å². The first-order valence-electron chi connectivity index (χ1n) is 5.12. The van der Waals surface area contributed by atoms with Gasteiger partial charge in [0.15, 0.2) is 0 Å². The number of nitrogens with one attached hydrogen (secondary N) is 1. The van der Waals surface area contributed by atoms with Gasteiger partial charge in [0.25, 0.3) is 0 Å². The maximum Gasteiger partial charge on any atom is 0.407 e. The van der Waals surface area contributed by atoms with Gasteiger partial charge in [-0.1, -0.05) is 29.8 Å². The van der Waals surface area contributed by atoms with Gasteiger partial charge >= 0.3 is 6.09 Å². The number of aryl methyl sites for hydroxylation is 1. The van der Waals surface area contributed by atoms with Crippen molar-refractivity contribution in [3.8, 4) is 0 Å². The van der Waals surface area contributed by atoms with Crippen LogP contribution in [-0.4, -0.2) is 12.7 Å². The summed E-state index contributed by atoms with van der Waals surface area (Å²) in [6.07, 6.45) is 0.479. The molecule has 0 bridgehead atoms. The van der Waals surface area contributed by atoms with Crippen molar-refractivity contribution in [1.29, 1.82) is 0 Å². The number of cyclic esters (lactones) is 1. The fourth-order valence-corrected chi connectivity index (χ4v) is 1.88. The van der Waals surface area contributed by atoms with Crippen molar-refractivity contribution < 1.29 is 9.53 Å². The molecule has 1 unspecified atom stereocenters. The zero-order valence-electron chi connectivity index (χ0n) is 9.04. The minimum absolute atomic E-state index is 0.290. The van der Waals surface area contributed by atoms with Crippen LogP contribution in [-0.2, 0) is 10.3 Å². The van der Waals surface area contributed by atoms with Crippen LogP contribution in [0.4, 0.5) is 4.79 Å². The van der Waals surface area contributed by atoms with E-state index in [1.54, 1.807) is 0 Å². The summed E-state index contributed by atoms with van der Waals surface area (Å²) in [7, 11) is 0. The fraction of sp³-hybridized carbons (Fsp3) is 0.417. The number of benzene rings is 1. The summed E-state index contributed by atoms with van der Waals surface area (Å²) in [6, 6.07) is 8.20. The Balaban J connectivity index is 2.32. The molecule has 1 atom stereocenters. The number of carbonyl (C=O) groups excluding carboxylic acids is 1. The first-order valence-corrected chi connectivity index (χ1v) is 5.12. The van der Waals surface area contributed by atoms with Crippen molar-refractivity contribution in [2.75, 3.05) is 6.61 Å². The molecule has 1 saturated heterocycles. The van der Waals surface area contributed by atoms with E-state index < -0.39 is 0 Å². The van der Waals surface area contributed by atoms with E-state index >= 15 is 0 Å². The molecule has 2 rings (SSSR count). The maximum atomic E-state index is 11.2. The van der Waals surface area contributed by atoms with E-state index in [0.29, 0.717) is 6.61 Å². The summed E-state index contributed by atoms with van der Waals surface area (Å²) in [5.41, 5.74) is 2.05. The molecule has 0 radical (unpaired) electrons. The lowest BCUT2D eigenvalue weighted by Crippen LogP contribution is -2.48. The minimum Gasteiger partial charge on any atom is -0.449 e. The highest BCUT2D eigenvalue weighted by Gasteiger charge is 2.32. The number of hydrogen-bond acceptors (Lipinski definition) is 2. The van der Waals surface area contributed by atoms with Crippen LogP contribution < -0.4 is 5.32 Å². The van der Waals surface area contributed by atoms with Crippen LogP contribution in [0.25, 0.3) is 0 Å². The Morgan fingerprint density at radius 1 is 1.47 bits per heavy atom. The molecular weight excluding hydrogens is 190 g/mol. The standard InChI is InChI=1S/C12H15NO2/c1-9-4-3-5-10(8-9)12(2)6-7-15-11(14)13-12/h3-5,8H,6-7H2,1-2H3,(H,13,14). The minimum atomic E-state index is -0.328.